The summed E-state index contributed by atoms with van der Waals surface area (Å²) in [6.07, 6.45) is 3.73. The van der Waals surface area contributed by atoms with Crippen molar-refractivity contribution in [3.8, 4) is 0 Å². The summed E-state index contributed by atoms with van der Waals surface area (Å²) in [7, 11) is 0. The van der Waals surface area contributed by atoms with Gasteiger partial charge in [-0.05, 0) is 46.2 Å². The van der Waals surface area contributed by atoms with E-state index < -0.39 is 5.97 Å². The van der Waals surface area contributed by atoms with Gasteiger partial charge in [-0.3, -0.25) is 19.2 Å². The molecule has 0 aromatic carbocycles. The molecule has 1 aliphatic heterocycles. The third kappa shape index (κ3) is 5.67. The Balaban J connectivity index is 1.91. The highest BCUT2D eigenvalue weighted by molar-refractivity contribution is 5.78. The van der Waals surface area contributed by atoms with E-state index >= 15 is 0 Å². The molecule has 0 saturated carbocycles. The monoisotopic (exact) mass is 322 g/mol. The van der Waals surface area contributed by atoms with Gasteiger partial charge in [0.2, 0.25) is 5.91 Å². The van der Waals surface area contributed by atoms with Crippen molar-refractivity contribution in [3.63, 3.8) is 0 Å². The topological polar surface area (TPSA) is 87.5 Å². The number of hydrogen-bond acceptors (Lipinski definition) is 4. The molecular formula is C16H26N4O3. The number of nitrogens with zero attached hydrogens (tertiary/aromatic N) is 3. The number of rotatable bonds is 5. The number of carboxylic acids is 1. The predicted molar refractivity (Wildman–Crippen MR) is 86.2 cm³/mol. The van der Waals surface area contributed by atoms with Crippen LogP contribution in [0.25, 0.3) is 0 Å². The van der Waals surface area contributed by atoms with E-state index in [4.69, 9.17) is 5.11 Å². The summed E-state index contributed by atoms with van der Waals surface area (Å²) in [5, 5.41) is 16.1. The second-order valence-corrected chi connectivity index (χ2v) is 7.20. The van der Waals surface area contributed by atoms with Gasteiger partial charge in [0.05, 0.1) is 12.2 Å². The van der Waals surface area contributed by atoms with E-state index in [1.807, 2.05) is 26.8 Å². The lowest BCUT2D eigenvalue weighted by molar-refractivity contribution is -0.138. The van der Waals surface area contributed by atoms with Gasteiger partial charge in [0.15, 0.2) is 0 Å². The quantitative estimate of drug-likeness (QED) is 0.846. The summed E-state index contributed by atoms with van der Waals surface area (Å²) < 4.78 is 1.45. The van der Waals surface area contributed by atoms with Crippen LogP contribution >= 0.6 is 0 Å². The molecule has 7 nitrogen and oxygen atoms in total. The first-order chi connectivity index (χ1) is 10.7. The average molecular weight is 322 g/mol. The van der Waals surface area contributed by atoms with Crippen molar-refractivity contribution >= 4 is 11.9 Å². The maximum atomic E-state index is 12.1. The van der Waals surface area contributed by atoms with E-state index in [0.717, 1.165) is 31.6 Å². The average Bonchev–Trinajstić information content (AvgIpc) is 2.84. The molecule has 1 aromatic rings. The Labute approximate surface area is 136 Å². The van der Waals surface area contributed by atoms with Crippen LogP contribution in [0.3, 0.4) is 0 Å². The first kappa shape index (κ1) is 17.5. The van der Waals surface area contributed by atoms with Crippen molar-refractivity contribution in [2.45, 2.75) is 51.6 Å². The lowest BCUT2D eigenvalue weighted by atomic mass is 9.95. The number of carboxylic acid groups (broad SMARTS) is 1. The smallest absolute Gasteiger partial charge is 0.325 e. The Hall–Kier alpha value is -1.89. The zero-order valence-corrected chi connectivity index (χ0v) is 14.1. The number of carbonyl (C=O) groups excluding carboxylic acids is 1. The normalized spacial score (nSPS) is 19.5. The molecule has 0 bridgehead atoms. The minimum absolute atomic E-state index is 0.0366. The van der Waals surface area contributed by atoms with E-state index in [1.54, 1.807) is 6.20 Å². The van der Waals surface area contributed by atoms with Gasteiger partial charge in [-0.15, -0.1) is 0 Å². The van der Waals surface area contributed by atoms with E-state index in [-0.39, 0.29) is 23.9 Å². The van der Waals surface area contributed by atoms with Crippen LogP contribution in [-0.2, 0) is 16.1 Å². The van der Waals surface area contributed by atoms with Crippen LogP contribution in [0, 0.1) is 0 Å². The molecular weight excluding hydrogens is 296 g/mol. The van der Waals surface area contributed by atoms with Gasteiger partial charge in [-0.2, -0.15) is 5.10 Å². The minimum atomic E-state index is -0.899. The summed E-state index contributed by atoms with van der Waals surface area (Å²) in [4.78, 5) is 24.9. The van der Waals surface area contributed by atoms with Crippen LogP contribution in [0.5, 0.6) is 0 Å². The third-order valence-corrected chi connectivity index (χ3v) is 3.76. The summed E-state index contributed by atoms with van der Waals surface area (Å²) in [5.74, 6) is -0.612. The molecule has 2 N–H and O–H groups in total. The summed E-state index contributed by atoms with van der Waals surface area (Å²) in [6, 6.07) is 1.88. The predicted octanol–water partition coefficient (Wildman–Crippen LogP) is 1.06. The number of likely N-dealkylation sites (tertiary alicyclic amines) is 1. The number of aromatic nitrogens is 2. The Morgan fingerprint density at radius 1 is 1.39 bits per heavy atom. The first-order valence-electron chi connectivity index (χ1n) is 8.01. The van der Waals surface area contributed by atoms with E-state index in [1.165, 1.54) is 4.68 Å². The summed E-state index contributed by atoms with van der Waals surface area (Å²) in [5.41, 5.74) is 0.689. The van der Waals surface area contributed by atoms with Crippen LogP contribution in [0.1, 0.15) is 45.2 Å². The Morgan fingerprint density at radius 3 is 2.78 bits per heavy atom. The molecule has 7 heteroatoms. The van der Waals surface area contributed by atoms with Crippen molar-refractivity contribution in [2.75, 3.05) is 19.6 Å². The van der Waals surface area contributed by atoms with Gasteiger partial charge < -0.3 is 10.4 Å². The third-order valence-electron chi connectivity index (χ3n) is 3.76. The Kier molecular flexibility index (Phi) is 5.41. The Bertz CT molecular complexity index is 562. The highest BCUT2D eigenvalue weighted by Crippen LogP contribution is 2.25. The van der Waals surface area contributed by atoms with Crippen molar-refractivity contribution < 1.29 is 14.7 Å². The largest absolute Gasteiger partial charge is 0.480 e. The van der Waals surface area contributed by atoms with Gasteiger partial charge >= 0.3 is 5.97 Å². The summed E-state index contributed by atoms with van der Waals surface area (Å²) in [6.45, 7) is 7.87. The minimum Gasteiger partial charge on any atom is -0.480 e. The van der Waals surface area contributed by atoms with Crippen molar-refractivity contribution in [2.24, 2.45) is 0 Å². The molecule has 128 valence electrons. The zero-order valence-electron chi connectivity index (χ0n) is 14.1. The molecule has 1 amide bonds. The van der Waals surface area contributed by atoms with Gasteiger partial charge in [0.25, 0.3) is 0 Å². The fourth-order valence-corrected chi connectivity index (χ4v) is 2.92. The second kappa shape index (κ2) is 7.12. The molecule has 1 fully saturated rings. The number of hydrogen-bond donors (Lipinski definition) is 2. The number of nitrogens with one attached hydrogen (secondary N) is 1. The van der Waals surface area contributed by atoms with Crippen LogP contribution in [0.4, 0.5) is 0 Å². The van der Waals surface area contributed by atoms with E-state index in [2.05, 4.69) is 15.3 Å². The Morgan fingerprint density at radius 2 is 2.13 bits per heavy atom. The molecule has 1 aromatic heterocycles. The summed E-state index contributed by atoms with van der Waals surface area (Å²) >= 11 is 0. The molecule has 1 atom stereocenters. The molecule has 2 rings (SSSR count). The van der Waals surface area contributed by atoms with Crippen LogP contribution in [0.2, 0.25) is 0 Å². The molecule has 0 radical (unpaired) electrons. The van der Waals surface area contributed by atoms with E-state index in [9.17, 15) is 9.59 Å². The zero-order chi connectivity index (χ0) is 17.0. The second-order valence-electron chi connectivity index (χ2n) is 7.20. The van der Waals surface area contributed by atoms with Gasteiger partial charge in [-0.1, -0.05) is 0 Å². The van der Waals surface area contributed by atoms with Crippen molar-refractivity contribution in [1.29, 1.82) is 0 Å². The van der Waals surface area contributed by atoms with Crippen LogP contribution in [0.15, 0.2) is 12.3 Å². The fraction of sp³-hybridized carbons (Fsp3) is 0.688. The number of aliphatic carboxylic acids is 1. The SMILES string of the molecule is CC(C)(C)NC(=O)CN1CCCC(c2ccn(CC(=O)O)n2)C1. The molecule has 2 heterocycles. The lowest BCUT2D eigenvalue weighted by Crippen LogP contribution is -2.47. The van der Waals surface area contributed by atoms with Crippen LogP contribution < -0.4 is 5.32 Å². The van der Waals surface area contributed by atoms with Gasteiger partial charge in [0.1, 0.15) is 6.54 Å². The first-order valence-corrected chi connectivity index (χ1v) is 8.01. The molecule has 0 aliphatic carbocycles. The molecule has 0 spiro atoms. The maximum absolute atomic E-state index is 12.1. The fourth-order valence-electron chi connectivity index (χ4n) is 2.92. The van der Waals surface area contributed by atoms with Gasteiger partial charge in [0, 0.05) is 24.2 Å². The number of amides is 1. The number of carbonyl (C=O) groups is 2. The molecule has 1 aliphatic rings. The van der Waals surface area contributed by atoms with Crippen molar-refractivity contribution in [3.05, 3.63) is 18.0 Å². The highest BCUT2D eigenvalue weighted by atomic mass is 16.4. The van der Waals surface area contributed by atoms with E-state index in [0.29, 0.717) is 6.54 Å². The lowest BCUT2D eigenvalue weighted by Gasteiger charge is -2.32. The van der Waals surface area contributed by atoms with Crippen LogP contribution in [-0.4, -0.2) is 56.8 Å². The molecule has 1 saturated heterocycles. The van der Waals surface area contributed by atoms with Crippen molar-refractivity contribution in [1.82, 2.24) is 20.0 Å². The highest BCUT2D eigenvalue weighted by Gasteiger charge is 2.25. The standard InChI is InChI=1S/C16H26N4O3/c1-16(2,3)17-14(21)10-19-7-4-5-12(9-19)13-6-8-20(18-13)11-15(22)23/h6,8,12H,4-5,7,9-11H2,1-3H3,(H,17,21)(H,22,23). The molecule has 1 unspecified atom stereocenters. The maximum Gasteiger partial charge on any atom is 0.325 e. The number of piperidine rings is 1. The molecule has 23 heavy (non-hydrogen) atoms. The van der Waals surface area contributed by atoms with Gasteiger partial charge in [-0.25, -0.2) is 0 Å².